The van der Waals surface area contributed by atoms with Gasteiger partial charge in [-0.15, -0.1) is 0 Å². The molecule has 1 aromatic carbocycles. The van der Waals surface area contributed by atoms with Gasteiger partial charge in [-0.1, -0.05) is 36.1 Å². The van der Waals surface area contributed by atoms with Crippen LogP contribution in [0.15, 0.2) is 29.2 Å². The van der Waals surface area contributed by atoms with Gasteiger partial charge in [0.15, 0.2) is 0 Å². The number of halogens is 1. The number of amides is 1. The van der Waals surface area contributed by atoms with Crippen molar-refractivity contribution in [1.82, 2.24) is 9.80 Å². The summed E-state index contributed by atoms with van der Waals surface area (Å²) in [5.41, 5.74) is 0.713. The topological polar surface area (TPSA) is 49.9 Å². The number of thiocarbonyl (C=S) groups is 1. The molecule has 1 heterocycles. The monoisotopic (exact) mass is 382 g/mol. The van der Waals surface area contributed by atoms with Crippen LogP contribution in [0.3, 0.4) is 0 Å². The van der Waals surface area contributed by atoms with Crippen LogP contribution in [-0.4, -0.2) is 59.8 Å². The van der Waals surface area contributed by atoms with Gasteiger partial charge in [0, 0.05) is 13.1 Å². The molecule has 134 valence electrons. The molecule has 1 fully saturated rings. The van der Waals surface area contributed by atoms with Crippen LogP contribution in [0.2, 0.25) is 0 Å². The lowest BCUT2D eigenvalue weighted by Crippen LogP contribution is -2.31. The zero-order chi connectivity index (χ0) is 18.4. The van der Waals surface area contributed by atoms with Crippen LogP contribution in [0.25, 0.3) is 6.08 Å². The summed E-state index contributed by atoms with van der Waals surface area (Å²) in [6.45, 7) is 1.15. The minimum atomic E-state index is -0.363. The van der Waals surface area contributed by atoms with Gasteiger partial charge in [0.05, 0.1) is 11.3 Å². The first-order valence-corrected chi connectivity index (χ1v) is 8.90. The van der Waals surface area contributed by atoms with E-state index >= 15 is 0 Å². The molecular weight excluding hydrogens is 363 g/mol. The van der Waals surface area contributed by atoms with Crippen molar-refractivity contribution in [3.63, 3.8) is 0 Å². The lowest BCUT2D eigenvalue weighted by atomic mass is 10.2. The molecule has 0 aromatic heterocycles. The number of hydrogen-bond acceptors (Lipinski definition) is 6. The van der Waals surface area contributed by atoms with Crippen molar-refractivity contribution < 1.29 is 18.7 Å². The molecule has 5 nitrogen and oxygen atoms in total. The zero-order valence-corrected chi connectivity index (χ0v) is 15.7. The molecule has 0 N–H and O–H groups in total. The quantitative estimate of drug-likeness (QED) is 0.410. The molecule has 1 aromatic rings. The van der Waals surface area contributed by atoms with Crippen molar-refractivity contribution in [2.45, 2.75) is 6.42 Å². The number of ether oxygens (including phenoxy) is 1. The molecule has 8 heteroatoms. The van der Waals surface area contributed by atoms with E-state index in [0.717, 1.165) is 0 Å². The van der Waals surface area contributed by atoms with Gasteiger partial charge in [0.25, 0.3) is 5.91 Å². The van der Waals surface area contributed by atoms with E-state index in [1.807, 2.05) is 19.0 Å². The van der Waals surface area contributed by atoms with Crippen molar-refractivity contribution in [3.8, 4) is 0 Å². The van der Waals surface area contributed by atoms with Gasteiger partial charge >= 0.3 is 5.97 Å². The molecule has 1 amide bonds. The van der Waals surface area contributed by atoms with Gasteiger partial charge in [-0.25, -0.2) is 4.39 Å². The molecule has 0 unspecified atom stereocenters. The number of esters is 1. The summed E-state index contributed by atoms with van der Waals surface area (Å²) in [4.78, 5) is 27.9. The summed E-state index contributed by atoms with van der Waals surface area (Å²) in [5, 5.41) is 0. The molecule has 0 aliphatic carbocycles. The van der Waals surface area contributed by atoms with E-state index in [4.69, 9.17) is 17.0 Å². The van der Waals surface area contributed by atoms with Crippen molar-refractivity contribution in [3.05, 3.63) is 40.6 Å². The number of rotatable bonds is 7. The molecule has 1 aliphatic rings. The predicted octanol–water partition coefficient (Wildman–Crippen LogP) is 2.52. The molecule has 0 saturated carbocycles. The minimum absolute atomic E-state index is 0.0870. The number of benzene rings is 1. The Balaban J connectivity index is 1.90. The highest BCUT2D eigenvalue weighted by atomic mass is 32.2. The zero-order valence-electron chi connectivity index (χ0n) is 14.0. The first-order valence-electron chi connectivity index (χ1n) is 7.68. The summed E-state index contributed by atoms with van der Waals surface area (Å²) >= 11 is 6.38. The van der Waals surface area contributed by atoms with Crippen LogP contribution in [0.1, 0.15) is 12.0 Å². The van der Waals surface area contributed by atoms with E-state index in [0.29, 0.717) is 27.9 Å². The minimum Gasteiger partial charge on any atom is -0.464 e. The molecular formula is C17H19FN2O3S2. The third-order valence-corrected chi connectivity index (χ3v) is 4.76. The predicted molar refractivity (Wildman–Crippen MR) is 100 cm³/mol. The molecule has 0 bridgehead atoms. The Morgan fingerprint density at radius 1 is 1.36 bits per heavy atom. The van der Waals surface area contributed by atoms with Crippen LogP contribution >= 0.6 is 24.0 Å². The second kappa shape index (κ2) is 9.07. The second-order valence-electron chi connectivity index (χ2n) is 5.66. The number of thioether (sulfide) groups is 1. The van der Waals surface area contributed by atoms with Gasteiger partial charge in [-0.2, -0.15) is 0 Å². The Kier molecular flexibility index (Phi) is 7.10. The highest BCUT2D eigenvalue weighted by Gasteiger charge is 2.32. The number of hydrogen-bond donors (Lipinski definition) is 0. The first kappa shape index (κ1) is 19.6. The first-order chi connectivity index (χ1) is 11.9. The summed E-state index contributed by atoms with van der Waals surface area (Å²) in [6.07, 6.45) is 1.75. The van der Waals surface area contributed by atoms with Gasteiger partial charge in [-0.05, 0) is 37.9 Å². The Labute approximate surface area is 155 Å². The van der Waals surface area contributed by atoms with Crippen molar-refractivity contribution in [2.75, 3.05) is 33.8 Å². The van der Waals surface area contributed by atoms with Crippen LogP contribution in [0, 0.1) is 5.82 Å². The highest BCUT2D eigenvalue weighted by molar-refractivity contribution is 8.26. The van der Waals surface area contributed by atoms with Crippen molar-refractivity contribution in [1.29, 1.82) is 0 Å². The molecule has 0 radical (unpaired) electrons. The van der Waals surface area contributed by atoms with Gasteiger partial charge in [0.1, 0.15) is 16.7 Å². The van der Waals surface area contributed by atoms with Gasteiger partial charge in [0.2, 0.25) is 0 Å². The maximum atomic E-state index is 12.9. The van der Waals surface area contributed by atoms with E-state index in [2.05, 4.69) is 0 Å². The van der Waals surface area contributed by atoms with Gasteiger partial charge in [-0.3, -0.25) is 14.5 Å². The largest absolute Gasteiger partial charge is 0.464 e. The van der Waals surface area contributed by atoms with E-state index in [1.165, 1.54) is 28.8 Å². The van der Waals surface area contributed by atoms with E-state index in [-0.39, 0.29) is 30.7 Å². The van der Waals surface area contributed by atoms with Crippen molar-refractivity contribution >= 4 is 46.3 Å². The number of nitrogens with zero attached hydrogens (tertiary/aromatic N) is 2. The Morgan fingerprint density at radius 3 is 2.68 bits per heavy atom. The van der Waals surface area contributed by atoms with Crippen LogP contribution in [0.4, 0.5) is 4.39 Å². The Bertz CT molecular complexity index is 690. The third-order valence-electron chi connectivity index (χ3n) is 3.38. The fourth-order valence-corrected chi connectivity index (χ4v) is 3.33. The number of carbonyl (C=O) groups excluding carboxylic acids is 2. The van der Waals surface area contributed by atoms with E-state index < -0.39 is 0 Å². The Morgan fingerprint density at radius 2 is 2.04 bits per heavy atom. The summed E-state index contributed by atoms with van der Waals surface area (Å²) in [7, 11) is 3.78. The maximum absolute atomic E-state index is 12.9. The summed E-state index contributed by atoms with van der Waals surface area (Å²) < 4.78 is 18.4. The third kappa shape index (κ3) is 5.91. The van der Waals surface area contributed by atoms with Crippen LogP contribution < -0.4 is 0 Å². The smallest absolute Gasteiger partial charge is 0.307 e. The lowest BCUT2D eigenvalue weighted by Gasteiger charge is -2.14. The van der Waals surface area contributed by atoms with E-state index in [1.54, 1.807) is 18.2 Å². The summed E-state index contributed by atoms with van der Waals surface area (Å²) in [5.74, 6) is -0.948. The highest BCUT2D eigenvalue weighted by Crippen LogP contribution is 2.32. The van der Waals surface area contributed by atoms with Crippen LogP contribution in [0.5, 0.6) is 0 Å². The molecule has 0 spiro atoms. The van der Waals surface area contributed by atoms with E-state index in [9.17, 15) is 14.0 Å². The molecule has 1 saturated heterocycles. The number of likely N-dealkylation sites (N-methyl/N-ethyl adjacent to an activating group) is 1. The average Bonchev–Trinajstić information content (AvgIpc) is 2.81. The fraction of sp³-hybridized carbons (Fsp3) is 0.353. The Hall–Kier alpha value is -1.77. The number of carbonyl (C=O) groups is 2. The van der Waals surface area contributed by atoms with Gasteiger partial charge < -0.3 is 9.64 Å². The second-order valence-corrected chi connectivity index (χ2v) is 7.33. The average molecular weight is 382 g/mol. The lowest BCUT2D eigenvalue weighted by molar-refractivity contribution is -0.144. The van der Waals surface area contributed by atoms with Crippen LogP contribution in [-0.2, 0) is 14.3 Å². The molecule has 25 heavy (non-hydrogen) atoms. The summed E-state index contributed by atoms with van der Waals surface area (Å²) in [6, 6.07) is 5.83. The molecule has 2 rings (SSSR count). The molecule has 0 atom stereocenters. The normalized spacial score (nSPS) is 16.2. The maximum Gasteiger partial charge on any atom is 0.307 e. The standard InChI is InChI=1S/C17H19FN2O3S2/c1-19(2)9-10-23-15(21)7-8-20-16(22)14(25-17(20)24)11-12-3-5-13(18)6-4-12/h3-6,11H,7-10H2,1-2H3/b14-11+. The van der Waals surface area contributed by atoms with Crippen molar-refractivity contribution in [2.24, 2.45) is 0 Å². The SMILES string of the molecule is CN(C)CCOC(=O)CCN1C(=O)/C(=C\c2ccc(F)cc2)SC1=S. The molecule has 1 aliphatic heterocycles. The fourth-order valence-electron chi connectivity index (χ4n) is 2.02.